The molecule has 2 saturated heterocycles. The average molecular weight is 372 g/mol. The first-order chi connectivity index (χ1) is 12.8. The minimum atomic E-state index is -0.453. The molecule has 2 fully saturated rings. The van der Waals surface area contributed by atoms with Crippen LogP contribution in [0.5, 0.6) is 0 Å². The van der Waals surface area contributed by atoms with Gasteiger partial charge in [0.1, 0.15) is 0 Å². The van der Waals surface area contributed by atoms with E-state index in [4.69, 9.17) is 5.73 Å². The molecule has 2 amide bonds. The number of amides is 2. The highest BCUT2D eigenvalue weighted by Gasteiger charge is 2.41. The van der Waals surface area contributed by atoms with Gasteiger partial charge in [-0.15, -0.1) is 0 Å². The fraction of sp³-hybridized carbons (Fsp3) is 0.556. The molecule has 2 aliphatic heterocycles. The number of piperazine rings is 1. The molecule has 0 spiro atoms. The summed E-state index contributed by atoms with van der Waals surface area (Å²) in [6, 6.07) is -0.448. The zero-order valence-corrected chi connectivity index (χ0v) is 15.8. The van der Waals surface area contributed by atoms with E-state index in [0.29, 0.717) is 37.1 Å². The Labute approximate surface area is 156 Å². The standard InChI is InChI=1S/C18H24N6O3/c1-9-12(10(2)20-16-15(9)17(26)21-22(16)3)7-14(25)23-4-5-24-11(8-23)6-13(19)18(24)27/h11,13H,4-8,19H2,1-3H3,(H,21,26). The first kappa shape index (κ1) is 17.7. The van der Waals surface area contributed by atoms with Gasteiger partial charge >= 0.3 is 0 Å². The summed E-state index contributed by atoms with van der Waals surface area (Å²) in [4.78, 5) is 45.2. The van der Waals surface area contributed by atoms with Crippen LogP contribution < -0.4 is 11.3 Å². The number of nitrogens with one attached hydrogen (secondary N) is 1. The minimum absolute atomic E-state index is 0.00460. The second-order valence-corrected chi connectivity index (χ2v) is 7.54. The number of nitrogens with two attached hydrogens (primary N) is 1. The summed E-state index contributed by atoms with van der Waals surface area (Å²) in [5.41, 5.74) is 8.60. The zero-order valence-electron chi connectivity index (χ0n) is 15.8. The van der Waals surface area contributed by atoms with Crippen molar-refractivity contribution in [2.75, 3.05) is 19.6 Å². The maximum atomic E-state index is 12.9. The number of pyridine rings is 1. The molecule has 9 heteroatoms. The Bertz CT molecular complexity index is 1010. The van der Waals surface area contributed by atoms with E-state index in [9.17, 15) is 14.4 Å². The molecule has 27 heavy (non-hydrogen) atoms. The number of carbonyl (C=O) groups is 2. The van der Waals surface area contributed by atoms with E-state index < -0.39 is 6.04 Å². The van der Waals surface area contributed by atoms with Crippen molar-refractivity contribution in [1.82, 2.24) is 24.6 Å². The molecule has 0 aliphatic carbocycles. The highest BCUT2D eigenvalue weighted by atomic mass is 16.2. The highest BCUT2D eigenvalue weighted by molar-refractivity contribution is 5.86. The second kappa shape index (κ2) is 6.19. The van der Waals surface area contributed by atoms with Crippen LogP contribution in [0.1, 0.15) is 23.2 Å². The molecule has 2 aliphatic rings. The Morgan fingerprint density at radius 3 is 2.78 bits per heavy atom. The minimum Gasteiger partial charge on any atom is -0.339 e. The molecule has 9 nitrogen and oxygen atoms in total. The number of fused-ring (bicyclic) bond motifs is 2. The first-order valence-corrected chi connectivity index (χ1v) is 9.16. The maximum Gasteiger partial charge on any atom is 0.273 e. The molecular weight excluding hydrogens is 348 g/mol. The Kier molecular flexibility index (Phi) is 4.06. The summed E-state index contributed by atoms with van der Waals surface area (Å²) in [5.74, 6) is -0.0287. The van der Waals surface area contributed by atoms with E-state index in [2.05, 4.69) is 10.1 Å². The lowest BCUT2D eigenvalue weighted by atomic mass is 10.0. The van der Waals surface area contributed by atoms with Crippen LogP contribution in [0.25, 0.3) is 11.0 Å². The molecule has 2 unspecified atom stereocenters. The molecule has 2 aromatic heterocycles. The molecule has 2 aromatic rings. The maximum absolute atomic E-state index is 12.9. The molecule has 0 aromatic carbocycles. The van der Waals surface area contributed by atoms with E-state index in [-0.39, 0.29) is 29.8 Å². The van der Waals surface area contributed by atoms with Crippen LogP contribution >= 0.6 is 0 Å². The normalized spacial score (nSPS) is 22.6. The Morgan fingerprint density at radius 1 is 1.30 bits per heavy atom. The molecular formula is C18H24N6O3. The quantitative estimate of drug-likeness (QED) is 0.715. The number of carbonyl (C=O) groups excluding carboxylic acids is 2. The highest BCUT2D eigenvalue weighted by Crippen LogP contribution is 2.24. The van der Waals surface area contributed by atoms with Crippen molar-refractivity contribution in [1.29, 1.82) is 0 Å². The predicted molar refractivity (Wildman–Crippen MR) is 99.2 cm³/mol. The number of rotatable bonds is 2. The van der Waals surface area contributed by atoms with E-state index in [1.807, 2.05) is 13.8 Å². The number of aryl methyl sites for hydroxylation is 3. The molecule has 3 N–H and O–H groups in total. The summed E-state index contributed by atoms with van der Waals surface area (Å²) < 4.78 is 1.60. The molecule has 4 rings (SSSR count). The first-order valence-electron chi connectivity index (χ1n) is 9.16. The summed E-state index contributed by atoms with van der Waals surface area (Å²) >= 11 is 0. The SMILES string of the molecule is Cc1nc2c(c(C)c1CC(=O)N1CCN3C(=O)C(N)CC3C1)c(=O)[nH]n2C. The fourth-order valence-electron chi connectivity index (χ4n) is 4.35. The van der Waals surface area contributed by atoms with Gasteiger partial charge in [-0.2, -0.15) is 0 Å². The van der Waals surface area contributed by atoms with Gasteiger partial charge in [0.2, 0.25) is 11.8 Å². The smallest absolute Gasteiger partial charge is 0.273 e. The Hall–Kier alpha value is -2.68. The average Bonchev–Trinajstić information content (AvgIpc) is 3.06. The van der Waals surface area contributed by atoms with Gasteiger partial charge < -0.3 is 15.5 Å². The van der Waals surface area contributed by atoms with Gasteiger partial charge in [0.05, 0.1) is 23.9 Å². The van der Waals surface area contributed by atoms with Crippen molar-refractivity contribution in [2.24, 2.45) is 12.8 Å². The van der Waals surface area contributed by atoms with Crippen LogP contribution in [-0.4, -0.2) is 68.1 Å². The van der Waals surface area contributed by atoms with Crippen molar-refractivity contribution in [3.63, 3.8) is 0 Å². The molecule has 4 heterocycles. The molecule has 0 radical (unpaired) electrons. The number of aromatic nitrogens is 3. The summed E-state index contributed by atoms with van der Waals surface area (Å²) in [6.07, 6.45) is 0.787. The number of aromatic amines is 1. The molecule has 0 saturated carbocycles. The van der Waals surface area contributed by atoms with Crippen LogP contribution in [0.3, 0.4) is 0 Å². The molecule has 144 valence electrons. The van der Waals surface area contributed by atoms with E-state index in [1.54, 1.807) is 21.5 Å². The predicted octanol–water partition coefficient (Wildman–Crippen LogP) is -0.809. The van der Waals surface area contributed by atoms with Crippen molar-refractivity contribution in [3.05, 3.63) is 27.2 Å². The van der Waals surface area contributed by atoms with Gasteiger partial charge in [-0.05, 0) is 31.4 Å². The van der Waals surface area contributed by atoms with Gasteiger partial charge in [-0.1, -0.05) is 0 Å². The van der Waals surface area contributed by atoms with Crippen LogP contribution in [0.15, 0.2) is 4.79 Å². The van der Waals surface area contributed by atoms with Crippen molar-refractivity contribution in [3.8, 4) is 0 Å². The van der Waals surface area contributed by atoms with Crippen LogP contribution in [-0.2, 0) is 23.1 Å². The monoisotopic (exact) mass is 372 g/mol. The van der Waals surface area contributed by atoms with Gasteiger partial charge in [0, 0.05) is 32.4 Å². The van der Waals surface area contributed by atoms with E-state index >= 15 is 0 Å². The van der Waals surface area contributed by atoms with Gasteiger partial charge in [0.25, 0.3) is 5.56 Å². The van der Waals surface area contributed by atoms with Crippen LogP contribution in [0.2, 0.25) is 0 Å². The van der Waals surface area contributed by atoms with Crippen molar-refractivity contribution >= 4 is 22.8 Å². The fourth-order valence-corrected chi connectivity index (χ4v) is 4.35. The third kappa shape index (κ3) is 2.73. The number of hydrogen-bond acceptors (Lipinski definition) is 5. The van der Waals surface area contributed by atoms with Crippen LogP contribution in [0, 0.1) is 13.8 Å². The lowest BCUT2D eigenvalue weighted by Gasteiger charge is -2.37. The van der Waals surface area contributed by atoms with Crippen molar-refractivity contribution < 1.29 is 9.59 Å². The summed E-state index contributed by atoms with van der Waals surface area (Å²) in [5, 5.41) is 3.25. The number of H-pyrrole nitrogens is 1. The Morgan fingerprint density at radius 2 is 2.04 bits per heavy atom. The lowest BCUT2D eigenvalue weighted by molar-refractivity contribution is -0.138. The number of nitrogens with zero attached hydrogens (tertiary/aromatic N) is 4. The molecule has 2 atom stereocenters. The third-order valence-electron chi connectivity index (χ3n) is 5.87. The lowest BCUT2D eigenvalue weighted by Crippen LogP contribution is -2.53. The van der Waals surface area contributed by atoms with E-state index in [0.717, 1.165) is 16.8 Å². The second-order valence-electron chi connectivity index (χ2n) is 7.54. The van der Waals surface area contributed by atoms with Gasteiger partial charge in [0.15, 0.2) is 5.65 Å². The van der Waals surface area contributed by atoms with Crippen LogP contribution in [0.4, 0.5) is 0 Å². The number of hydrogen-bond donors (Lipinski definition) is 2. The van der Waals surface area contributed by atoms with Gasteiger partial charge in [-0.3, -0.25) is 24.2 Å². The largest absolute Gasteiger partial charge is 0.339 e. The summed E-state index contributed by atoms with van der Waals surface area (Å²) in [7, 11) is 1.74. The zero-order chi connectivity index (χ0) is 19.5. The molecule has 0 bridgehead atoms. The van der Waals surface area contributed by atoms with E-state index in [1.165, 1.54) is 0 Å². The third-order valence-corrected chi connectivity index (χ3v) is 5.87. The Balaban J connectivity index is 1.58. The van der Waals surface area contributed by atoms with Gasteiger partial charge in [-0.25, -0.2) is 4.98 Å². The van der Waals surface area contributed by atoms with Crippen molar-refractivity contribution in [2.45, 2.75) is 38.8 Å². The summed E-state index contributed by atoms with van der Waals surface area (Å²) in [6.45, 7) is 5.27. The topological polar surface area (TPSA) is 117 Å².